The largest absolute Gasteiger partial charge is 0.493 e. The van der Waals surface area contributed by atoms with Crippen LogP contribution >= 0.6 is 0 Å². The summed E-state index contributed by atoms with van der Waals surface area (Å²) in [6, 6.07) is 11.5. The molecule has 2 saturated heterocycles. The molecule has 2 aliphatic rings. The number of benzene rings is 2. The van der Waals surface area contributed by atoms with Crippen molar-refractivity contribution in [1.29, 1.82) is 0 Å². The number of rotatable bonds is 8. The molecular weight excluding hydrogens is 517 g/mol. The van der Waals surface area contributed by atoms with Crippen LogP contribution in [0.5, 0.6) is 11.5 Å². The molecule has 11 nitrogen and oxygen atoms in total. The molecule has 12 heteroatoms. The second-order valence-corrected chi connectivity index (χ2v) is 10.1. The van der Waals surface area contributed by atoms with Gasteiger partial charge in [0.2, 0.25) is 0 Å². The van der Waals surface area contributed by atoms with Crippen molar-refractivity contribution in [2.75, 3.05) is 51.9 Å². The first kappa shape index (κ1) is 26.2. The number of aromatic nitrogens is 5. The summed E-state index contributed by atoms with van der Waals surface area (Å²) in [6.07, 6.45) is 1.98. The molecule has 210 valence electrons. The van der Waals surface area contributed by atoms with E-state index in [0.29, 0.717) is 61.1 Å². The number of halogens is 1. The number of hydrogen-bond acceptors (Lipinski definition) is 9. The van der Waals surface area contributed by atoms with Crippen molar-refractivity contribution < 1.29 is 18.6 Å². The van der Waals surface area contributed by atoms with E-state index in [1.54, 1.807) is 37.1 Å². The third-order valence-electron chi connectivity index (χ3n) is 7.75. The second-order valence-electron chi connectivity index (χ2n) is 10.1. The number of methoxy groups -OCH3 is 2. The lowest BCUT2D eigenvalue weighted by Gasteiger charge is -2.39. The Morgan fingerprint density at radius 3 is 2.52 bits per heavy atom. The highest BCUT2D eigenvalue weighted by atomic mass is 19.1. The lowest BCUT2D eigenvalue weighted by Crippen LogP contribution is -2.49. The summed E-state index contributed by atoms with van der Waals surface area (Å²) in [5.74, 6) is 1.44. The first-order chi connectivity index (χ1) is 19.5. The van der Waals surface area contributed by atoms with Gasteiger partial charge < -0.3 is 24.1 Å². The van der Waals surface area contributed by atoms with Gasteiger partial charge in [-0.25, -0.2) is 9.07 Å². The van der Waals surface area contributed by atoms with E-state index < -0.39 is 6.04 Å². The number of anilines is 1. The Balaban J connectivity index is 1.38. The Morgan fingerprint density at radius 1 is 1.07 bits per heavy atom. The molecular formula is C28H32FN7O4. The quantitative estimate of drug-likeness (QED) is 0.355. The first-order valence-electron chi connectivity index (χ1n) is 13.4. The molecule has 40 heavy (non-hydrogen) atoms. The molecule has 4 heterocycles. The van der Waals surface area contributed by atoms with Gasteiger partial charge in [-0.2, -0.15) is 0 Å². The predicted molar refractivity (Wildman–Crippen MR) is 146 cm³/mol. The van der Waals surface area contributed by atoms with E-state index in [-0.39, 0.29) is 17.5 Å². The topological polar surface area (TPSA) is 111 Å². The zero-order valence-electron chi connectivity index (χ0n) is 22.5. The average molecular weight is 550 g/mol. The number of ether oxygens (including phenoxy) is 3. The van der Waals surface area contributed by atoms with Crippen LogP contribution in [0.25, 0.3) is 10.9 Å². The smallest absolute Gasteiger partial charge is 0.253 e. The van der Waals surface area contributed by atoms with Gasteiger partial charge in [-0.15, -0.1) is 5.10 Å². The Morgan fingerprint density at radius 2 is 1.82 bits per heavy atom. The summed E-state index contributed by atoms with van der Waals surface area (Å²) in [5, 5.41) is 13.5. The Hall–Kier alpha value is -4.03. The summed E-state index contributed by atoms with van der Waals surface area (Å²) >= 11 is 0. The number of H-pyrrole nitrogens is 1. The predicted octanol–water partition coefficient (Wildman–Crippen LogP) is 2.76. The summed E-state index contributed by atoms with van der Waals surface area (Å²) in [4.78, 5) is 21.1. The molecule has 2 unspecified atom stereocenters. The van der Waals surface area contributed by atoms with Crippen LogP contribution in [0.15, 0.2) is 47.3 Å². The standard InChI is InChI=1S/C28H32FN7O4/c1-38-24-15-18-14-22(28(37)30-23(18)16-25(24)39-2)26(27-31-32-33-36(27)17-21-4-3-13-40-21)35-11-9-34(10-12-35)20-7-5-19(29)6-8-20/h5-8,14-16,21,26H,3-4,9-13,17H2,1-2H3,(H,30,37). The molecule has 1 N–H and O–H groups in total. The van der Waals surface area contributed by atoms with E-state index in [4.69, 9.17) is 14.2 Å². The number of piperazine rings is 1. The third kappa shape index (κ3) is 5.11. The number of tetrazole rings is 1. The van der Waals surface area contributed by atoms with Crippen molar-refractivity contribution in [3.05, 3.63) is 70.0 Å². The summed E-state index contributed by atoms with van der Waals surface area (Å²) in [6.45, 7) is 3.95. The Bertz CT molecular complexity index is 1530. The number of aromatic amines is 1. The molecule has 2 fully saturated rings. The van der Waals surface area contributed by atoms with Gasteiger partial charge in [0.05, 0.1) is 32.4 Å². The summed E-state index contributed by atoms with van der Waals surface area (Å²) < 4.78 is 32.0. The maximum atomic E-state index is 13.6. The molecule has 0 radical (unpaired) electrons. The van der Waals surface area contributed by atoms with E-state index in [0.717, 1.165) is 30.5 Å². The Kier molecular flexibility index (Phi) is 7.35. The Labute approximate surface area is 230 Å². The van der Waals surface area contributed by atoms with Crippen LogP contribution in [0.2, 0.25) is 0 Å². The molecule has 2 aromatic heterocycles. The van der Waals surface area contributed by atoms with Crippen LogP contribution in [0.3, 0.4) is 0 Å². The van der Waals surface area contributed by atoms with Gasteiger partial charge >= 0.3 is 0 Å². The van der Waals surface area contributed by atoms with E-state index >= 15 is 0 Å². The SMILES string of the molecule is COc1cc2cc(C(c3nnnn3CC3CCCO3)N3CCN(c4ccc(F)cc4)CC3)c(=O)[nH]c2cc1OC. The highest BCUT2D eigenvalue weighted by molar-refractivity contribution is 5.83. The molecule has 0 aliphatic carbocycles. The van der Waals surface area contributed by atoms with Gasteiger partial charge in [-0.05, 0) is 59.7 Å². The molecule has 0 spiro atoms. The van der Waals surface area contributed by atoms with Gasteiger partial charge in [0.25, 0.3) is 5.56 Å². The van der Waals surface area contributed by atoms with E-state index in [1.165, 1.54) is 12.1 Å². The first-order valence-corrected chi connectivity index (χ1v) is 13.4. The summed E-state index contributed by atoms with van der Waals surface area (Å²) in [7, 11) is 3.14. The van der Waals surface area contributed by atoms with Crippen molar-refractivity contribution in [1.82, 2.24) is 30.1 Å². The molecule has 2 atom stereocenters. The maximum Gasteiger partial charge on any atom is 0.253 e. The maximum absolute atomic E-state index is 13.6. The van der Waals surface area contributed by atoms with Crippen LogP contribution in [-0.4, -0.2) is 83.2 Å². The fourth-order valence-corrected chi connectivity index (χ4v) is 5.66. The second kappa shape index (κ2) is 11.2. The molecule has 4 aromatic rings. The molecule has 0 saturated carbocycles. The lowest BCUT2D eigenvalue weighted by atomic mass is 10.0. The number of nitrogens with one attached hydrogen (secondary N) is 1. The average Bonchev–Trinajstić information content (AvgIpc) is 3.66. The minimum atomic E-state index is -0.493. The van der Waals surface area contributed by atoms with Crippen molar-refractivity contribution in [2.24, 2.45) is 0 Å². The third-order valence-corrected chi connectivity index (χ3v) is 7.75. The number of nitrogens with zero attached hydrogens (tertiary/aromatic N) is 6. The van der Waals surface area contributed by atoms with E-state index in [2.05, 4.69) is 30.3 Å². The molecule has 2 aromatic carbocycles. The van der Waals surface area contributed by atoms with Crippen LogP contribution in [0.1, 0.15) is 30.3 Å². The fourth-order valence-electron chi connectivity index (χ4n) is 5.66. The van der Waals surface area contributed by atoms with Gasteiger partial charge in [0.1, 0.15) is 11.9 Å². The molecule has 2 aliphatic heterocycles. The van der Waals surface area contributed by atoms with Crippen molar-refractivity contribution in [3.8, 4) is 11.5 Å². The monoisotopic (exact) mass is 549 g/mol. The van der Waals surface area contributed by atoms with Crippen molar-refractivity contribution >= 4 is 16.6 Å². The number of hydrogen-bond donors (Lipinski definition) is 1. The van der Waals surface area contributed by atoms with Crippen LogP contribution in [-0.2, 0) is 11.3 Å². The van der Waals surface area contributed by atoms with Gasteiger partial charge in [0, 0.05) is 55.5 Å². The van der Waals surface area contributed by atoms with E-state index in [1.807, 2.05) is 12.1 Å². The van der Waals surface area contributed by atoms with Crippen LogP contribution in [0, 0.1) is 5.82 Å². The zero-order valence-corrected chi connectivity index (χ0v) is 22.5. The van der Waals surface area contributed by atoms with Gasteiger partial charge in [-0.1, -0.05) is 0 Å². The normalized spacial score (nSPS) is 18.8. The highest BCUT2D eigenvalue weighted by Gasteiger charge is 2.33. The molecule has 0 bridgehead atoms. The number of pyridine rings is 1. The number of fused-ring (bicyclic) bond motifs is 1. The van der Waals surface area contributed by atoms with Crippen molar-refractivity contribution in [3.63, 3.8) is 0 Å². The fraction of sp³-hybridized carbons (Fsp3) is 0.429. The molecule has 0 amide bonds. The van der Waals surface area contributed by atoms with Crippen LogP contribution < -0.4 is 19.9 Å². The van der Waals surface area contributed by atoms with Gasteiger partial charge in [0.15, 0.2) is 17.3 Å². The summed E-state index contributed by atoms with van der Waals surface area (Å²) in [5.41, 5.74) is 1.92. The molecule has 6 rings (SSSR count). The zero-order chi connectivity index (χ0) is 27.6. The minimum absolute atomic E-state index is 0.0323. The highest BCUT2D eigenvalue weighted by Crippen LogP contribution is 2.34. The van der Waals surface area contributed by atoms with E-state index in [9.17, 15) is 9.18 Å². The minimum Gasteiger partial charge on any atom is -0.493 e. The van der Waals surface area contributed by atoms with Gasteiger partial charge in [-0.3, -0.25) is 9.69 Å². The van der Waals surface area contributed by atoms with Crippen LogP contribution in [0.4, 0.5) is 10.1 Å². The van der Waals surface area contributed by atoms with Crippen molar-refractivity contribution in [2.45, 2.75) is 31.5 Å². The lowest BCUT2D eigenvalue weighted by molar-refractivity contribution is 0.0906.